The molecule has 0 spiro atoms. The van der Waals surface area contributed by atoms with Crippen molar-refractivity contribution in [1.82, 2.24) is 0 Å². The summed E-state index contributed by atoms with van der Waals surface area (Å²) in [5.41, 5.74) is 1.42. The zero-order valence-electron chi connectivity index (χ0n) is 13.0. The molecule has 0 radical (unpaired) electrons. The summed E-state index contributed by atoms with van der Waals surface area (Å²) in [6.45, 7) is 7.18. The van der Waals surface area contributed by atoms with E-state index in [1.54, 1.807) is 4.50 Å². The van der Waals surface area contributed by atoms with E-state index < -0.39 is 8.07 Å². The maximum Gasteiger partial charge on any atom is 0.0987 e. The molecule has 0 saturated heterocycles. The summed E-state index contributed by atoms with van der Waals surface area (Å²) in [4.78, 5) is 1.39. The van der Waals surface area contributed by atoms with Gasteiger partial charge in [-0.05, 0) is 27.4 Å². The first-order chi connectivity index (χ1) is 10.2. The molecule has 21 heavy (non-hydrogen) atoms. The third kappa shape index (κ3) is 2.52. The minimum Gasteiger partial charge on any atom is -0.144 e. The quantitative estimate of drug-likeness (QED) is 0.478. The van der Waals surface area contributed by atoms with Crippen molar-refractivity contribution in [1.29, 1.82) is 0 Å². The first-order valence-corrected chi connectivity index (χ1v) is 12.1. The van der Waals surface area contributed by atoms with Crippen LogP contribution < -0.4 is 4.50 Å². The van der Waals surface area contributed by atoms with Gasteiger partial charge >= 0.3 is 0 Å². The molecule has 1 aromatic carbocycles. The highest BCUT2D eigenvalue weighted by atomic mass is 32.1. The zero-order chi connectivity index (χ0) is 14.9. The van der Waals surface area contributed by atoms with Crippen LogP contribution >= 0.6 is 22.7 Å². The van der Waals surface area contributed by atoms with Gasteiger partial charge in [0.05, 0.1) is 8.07 Å². The Kier molecular flexibility index (Phi) is 4.34. The minimum atomic E-state index is -1.26. The molecule has 0 aliphatic rings. The Hall–Kier alpha value is -0.903. The molecule has 3 heteroatoms. The molecule has 0 atom stereocenters. The van der Waals surface area contributed by atoms with Crippen molar-refractivity contribution >= 4 is 45.3 Å². The number of fused-ring (bicyclic) bond motifs is 1. The smallest absolute Gasteiger partial charge is 0.0987 e. The van der Waals surface area contributed by atoms with Crippen LogP contribution in [0.5, 0.6) is 0 Å². The lowest BCUT2D eigenvalue weighted by Gasteiger charge is -2.26. The zero-order valence-corrected chi connectivity index (χ0v) is 15.6. The largest absolute Gasteiger partial charge is 0.144 e. The second-order valence-corrected chi connectivity index (χ2v) is 13.2. The van der Waals surface area contributed by atoms with E-state index in [1.807, 2.05) is 11.3 Å². The molecule has 2 aromatic heterocycles. The lowest BCUT2D eigenvalue weighted by atomic mass is 10.1. The summed E-state index contributed by atoms with van der Waals surface area (Å²) in [5.74, 6) is 0. The molecule has 0 saturated carbocycles. The molecule has 0 N–H and O–H groups in total. The molecule has 0 aliphatic carbocycles. The average Bonchev–Trinajstić information content (AvgIpc) is 3.19. The van der Waals surface area contributed by atoms with E-state index in [1.165, 1.54) is 38.7 Å². The molecule has 0 aliphatic heterocycles. The van der Waals surface area contributed by atoms with Crippen LogP contribution in [0.15, 0.2) is 41.8 Å². The maximum atomic E-state index is 2.50. The van der Waals surface area contributed by atoms with Crippen molar-refractivity contribution in [2.24, 2.45) is 0 Å². The second-order valence-electron chi connectivity index (χ2n) is 5.65. The Morgan fingerprint density at radius 3 is 2.33 bits per heavy atom. The van der Waals surface area contributed by atoms with Crippen LogP contribution in [0.4, 0.5) is 0 Å². The number of hydrogen-bond donors (Lipinski definition) is 0. The lowest BCUT2D eigenvalue weighted by Crippen LogP contribution is -2.43. The molecular formula is C18H22S2Si. The number of hydrogen-bond acceptors (Lipinski definition) is 2. The highest BCUT2D eigenvalue weighted by Crippen LogP contribution is 2.36. The summed E-state index contributed by atoms with van der Waals surface area (Å²) in [5, 5.41) is 3.61. The van der Waals surface area contributed by atoms with Gasteiger partial charge in [-0.2, -0.15) is 0 Å². The van der Waals surface area contributed by atoms with Crippen LogP contribution in [0.1, 0.15) is 20.8 Å². The predicted molar refractivity (Wildman–Crippen MR) is 102 cm³/mol. The van der Waals surface area contributed by atoms with E-state index in [9.17, 15) is 0 Å². The van der Waals surface area contributed by atoms with Gasteiger partial charge < -0.3 is 0 Å². The van der Waals surface area contributed by atoms with Crippen molar-refractivity contribution in [3.63, 3.8) is 0 Å². The Morgan fingerprint density at radius 2 is 1.71 bits per heavy atom. The van der Waals surface area contributed by atoms with Gasteiger partial charge in [-0.15, -0.1) is 22.7 Å². The molecule has 110 valence electrons. The highest BCUT2D eigenvalue weighted by molar-refractivity contribution is 7.32. The van der Waals surface area contributed by atoms with Gasteiger partial charge in [0.1, 0.15) is 0 Å². The van der Waals surface area contributed by atoms with Crippen molar-refractivity contribution in [3.05, 3.63) is 41.8 Å². The SMILES string of the molecule is CC[Si](CC)(CC)c1cc2cccc(-c3cccs3)c2s1. The second kappa shape index (κ2) is 6.07. The van der Waals surface area contributed by atoms with E-state index in [0.29, 0.717) is 0 Å². The normalized spacial score (nSPS) is 12.1. The van der Waals surface area contributed by atoms with Gasteiger partial charge in [0.15, 0.2) is 0 Å². The van der Waals surface area contributed by atoms with Crippen molar-refractivity contribution in [2.75, 3.05) is 0 Å². The van der Waals surface area contributed by atoms with Gasteiger partial charge in [-0.1, -0.05) is 63.2 Å². The van der Waals surface area contributed by atoms with E-state index in [-0.39, 0.29) is 0 Å². The third-order valence-electron chi connectivity index (χ3n) is 4.88. The first kappa shape index (κ1) is 15.0. The summed E-state index contributed by atoms with van der Waals surface area (Å²) in [6, 6.07) is 17.7. The van der Waals surface area contributed by atoms with Crippen molar-refractivity contribution in [3.8, 4) is 10.4 Å². The van der Waals surface area contributed by atoms with Crippen molar-refractivity contribution in [2.45, 2.75) is 38.9 Å². The lowest BCUT2D eigenvalue weighted by molar-refractivity contribution is 1.20. The fourth-order valence-electron chi connectivity index (χ4n) is 3.22. The summed E-state index contributed by atoms with van der Waals surface area (Å²) < 4.78 is 3.19. The van der Waals surface area contributed by atoms with Gasteiger partial charge in [0.25, 0.3) is 0 Å². The molecular weight excluding hydrogens is 308 g/mol. The van der Waals surface area contributed by atoms with Crippen LogP contribution in [0, 0.1) is 0 Å². The van der Waals surface area contributed by atoms with Gasteiger partial charge in [0, 0.05) is 15.1 Å². The summed E-state index contributed by atoms with van der Waals surface area (Å²) >= 11 is 3.91. The van der Waals surface area contributed by atoms with Crippen LogP contribution in [-0.2, 0) is 0 Å². The number of rotatable bonds is 5. The topological polar surface area (TPSA) is 0 Å². The van der Waals surface area contributed by atoms with Gasteiger partial charge in [0.2, 0.25) is 0 Å². The number of thiophene rings is 2. The van der Waals surface area contributed by atoms with E-state index in [0.717, 1.165) is 0 Å². The van der Waals surface area contributed by atoms with Crippen LogP contribution in [-0.4, -0.2) is 8.07 Å². The summed E-state index contributed by atoms with van der Waals surface area (Å²) in [7, 11) is -1.26. The molecule has 0 nitrogen and oxygen atoms in total. The molecule has 0 fully saturated rings. The molecule has 0 amide bonds. The van der Waals surface area contributed by atoms with E-state index in [4.69, 9.17) is 0 Å². The standard InChI is InChI=1S/C18H22S2Si/c1-4-21(5-2,6-3)17-13-14-9-7-10-15(18(14)20-17)16-11-8-12-19-16/h7-13H,4-6H2,1-3H3. The molecule has 3 rings (SSSR count). The first-order valence-electron chi connectivity index (χ1n) is 7.81. The predicted octanol–water partition coefficient (Wildman–Crippen LogP) is 6.35. The van der Waals surface area contributed by atoms with E-state index >= 15 is 0 Å². The fourth-order valence-corrected chi connectivity index (χ4v) is 10.5. The van der Waals surface area contributed by atoms with Crippen LogP contribution in [0.25, 0.3) is 20.5 Å². The Morgan fingerprint density at radius 1 is 0.952 bits per heavy atom. The Bertz CT molecular complexity index is 713. The Labute approximate surface area is 136 Å². The number of benzene rings is 1. The molecule has 0 unspecified atom stereocenters. The molecule has 0 bridgehead atoms. The van der Waals surface area contributed by atoms with Crippen LogP contribution in [0.2, 0.25) is 18.1 Å². The Balaban J connectivity index is 2.19. The highest BCUT2D eigenvalue weighted by Gasteiger charge is 2.31. The van der Waals surface area contributed by atoms with Crippen molar-refractivity contribution < 1.29 is 0 Å². The minimum absolute atomic E-state index is 1.26. The average molecular weight is 331 g/mol. The molecule has 2 heterocycles. The summed E-state index contributed by atoms with van der Waals surface area (Å²) in [6.07, 6.45) is 0. The van der Waals surface area contributed by atoms with Gasteiger partial charge in [-0.3, -0.25) is 0 Å². The van der Waals surface area contributed by atoms with E-state index in [2.05, 4.69) is 73.9 Å². The maximum absolute atomic E-state index is 2.50. The van der Waals surface area contributed by atoms with Gasteiger partial charge in [-0.25, -0.2) is 0 Å². The molecule has 3 aromatic rings. The van der Waals surface area contributed by atoms with Crippen LogP contribution in [0.3, 0.4) is 0 Å². The third-order valence-corrected chi connectivity index (χ3v) is 13.6. The monoisotopic (exact) mass is 330 g/mol. The fraction of sp³-hybridized carbons (Fsp3) is 0.333.